The molecule has 0 saturated heterocycles. The van der Waals surface area contributed by atoms with Gasteiger partial charge in [0.15, 0.2) is 0 Å². The number of aromatic nitrogens is 2. The van der Waals surface area contributed by atoms with Crippen molar-refractivity contribution in [3.8, 4) is 0 Å². The number of nitrogens with one attached hydrogen (secondary N) is 1. The maximum atomic E-state index is 11.3. The third kappa shape index (κ3) is 8.15. The first kappa shape index (κ1) is 18.3. The highest BCUT2D eigenvalue weighted by Crippen LogP contribution is 2.02. The van der Waals surface area contributed by atoms with Crippen LogP contribution in [0.2, 0.25) is 0 Å². The Hall–Kier alpha value is -2.69. The van der Waals surface area contributed by atoms with Crippen LogP contribution in [0.4, 0.5) is 0 Å². The zero-order valence-electron chi connectivity index (χ0n) is 11.3. The minimum Gasteiger partial charge on any atom is -0.480 e. The lowest BCUT2D eigenvalue weighted by atomic mass is 10.1. The highest BCUT2D eigenvalue weighted by Gasteiger charge is 2.21. The van der Waals surface area contributed by atoms with Crippen molar-refractivity contribution in [3.63, 3.8) is 0 Å². The van der Waals surface area contributed by atoms with Gasteiger partial charge in [0, 0.05) is 38.3 Å². The van der Waals surface area contributed by atoms with Crippen LogP contribution in [0.25, 0.3) is 0 Å². The molecule has 0 fully saturated rings. The third-order valence-electron chi connectivity index (χ3n) is 2.33. The minimum absolute atomic E-state index is 0.120. The summed E-state index contributed by atoms with van der Waals surface area (Å²) in [6, 6.07) is -0.954. The van der Waals surface area contributed by atoms with Crippen molar-refractivity contribution >= 4 is 11.9 Å². The molecule has 21 heavy (non-hydrogen) atoms. The second kappa shape index (κ2) is 9.25. The Labute approximate surface area is 119 Å². The van der Waals surface area contributed by atoms with E-state index in [4.69, 9.17) is 26.2 Å². The van der Waals surface area contributed by atoms with Crippen LogP contribution >= 0.6 is 0 Å². The van der Waals surface area contributed by atoms with E-state index in [-0.39, 0.29) is 25.3 Å². The summed E-state index contributed by atoms with van der Waals surface area (Å²) in [6.07, 6.45) is 3.47. The van der Waals surface area contributed by atoms with Crippen LogP contribution in [0, 0.1) is 15.3 Å². The number of amides is 1. The Kier molecular flexibility index (Phi) is 8.07. The molecule has 0 saturated carbocycles. The summed E-state index contributed by atoms with van der Waals surface area (Å²) in [4.78, 5) is 34.4. The Morgan fingerprint density at radius 3 is 2.52 bits per heavy atom. The predicted molar refractivity (Wildman–Crippen MR) is 70.5 cm³/mol. The number of nitrogens with two attached hydrogens (primary N) is 1. The van der Waals surface area contributed by atoms with Crippen molar-refractivity contribution in [2.75, 3.05) is 6.54 Å². The van der Waals surface area contributed by atoms with Gasteiger partial charge in [-0.25, -0.2) is 9.78 Å². The molecule has 1 heterocycles. The summed E-state index contributed by atoms with van der Waals surface area (Å²) in [6.45, 7) is 0.198. The van der Waals surface area contributed by atoms with Crippen LogP contribution in [0.15, 0.2) is 12.5 Å². The fourth-order valence-electron chi connectivity index (χ4n) is 1.39. The van der Waals surface area contributed by atoms with Gasteiger partial charge in [0.25, 0.3) is 0 Å². The molecule has 1 rings (SSSR count). The van der Waals surface area contributed by atoms with E-state index < -0.39 is 17.1 Å². The van der Waals surface area contributed by atoms with Crippen molar-refractivity contribution < 1.29 is 19.8 Å². The van der Waals surface area contributed by atoms with Crippen molar-refractivity contribution in [2.24, 2.45) is 12.8 Å². The number of imidazole rings is 1. The van der Waals surface area contributed by atoms with E-state index in [0.29, 0.717) is 0 Å². The fourth-order valence-corrected chi connectivity index (χ4v) is 1.39. The number of carbonyl (C=O) groups is 2. The molecule has 0 aliphatic rings. The molecule has 4 N–H and O–H groups in total. The molecule has 1 aromatic heterocycles. The molecule has 118 valence electrons. The van der Waals surface area contributed by atoms with E-state index >= 15 is 0 Å². The summed E-state index contributed by atoms with van der Waals surface area (Å²) >= 11 is 0. The molecule has 0 radical (unpaired) electrons. The van der Waals surface area contributed by atoms with Crippen molar-refractivity contribution in [3.05, 3.63) is 33.5 Å². The lowest BCUT2D eigenvalue weighted by Gasteiger charge is -2.14. The highest BCUT2D eigenvalue weighted by atomic mass is 16.9. The van der Waals surface area contributed by atoms with Gasteiger partial charge in [0.05, 0.1) is 11.4 Å². The van der Waals surface area contributed by atoms with Gasteiger partial charge in [-0.05, 0) is 0 Å². The monoisotopic (exact) mass is 302 g/mol. The van der Waals surface area contributed by atoms with Crippen molar-refractivity contribution in [1.29, 1.82) is 0 Å². The van der Waals surface area contributed by atoms with E-state index in [0.717, 1.165) is 5.69 Å². The Morgan fingerprint density at radius 2 is 2.14 bits per heavy atom. The van der Waals surface area contributed by atoms with Crippen molar-refractivity contribution in [2.45, 2.75) is 18.9 Å². The number of carbonyl (C=O) groups excluding carboxylic acids is 1. The summed E-state index contributed by atoms with van der Waals surface area (Å²) in [5, 5.41) is 26.2. The van der Waals surface area contributed by atoms with Gasteiger partial charge in [0.2, 0.25) is 5.91 Å². The third-order valence-corrected chi connectivity index (χ3v) is 2.33. The molecule has 1 aromatic rings. The van der Waals surface area contributed by atoms with Gasteiger partial charge < -0.3 is 36.0 Å². The molecular formula is C10H16N5O6-. The molecule has 0 spiro atoms. The predicted octanol–water partition coefficient (Wildman–Crippen LogP) is -1.36. The molecule has 1 atom stereocenters. The lowest BCUT2D eigenvalue weighted by Crippen LogP contribution is -2.43. The second-order valence-electron chi connectivity index (χ2n) is 3.92. The van der Waals surface area contributed by atoms with E-state index in [1.807, 2.05) is 0 Å². The Bertz CT molecular complexity index is 484. The molecule has 1 amide bonds. The first-order chi connectivity index (χ1) is 9.77. The van der Waals surface area contributed by atoms with Crippen molar-refractivity contribution in [1.82, 2.24) is 14.9 Å². The maximum absolute atomic E-state index is 11.3. The van der Waals surface area contributed by atoms with Gasteiger partial charge >= 0.3 is 5.97 Å². The van der Waals surface area contributed by atoms with E-state index in [1.54, 1.807) is 24.1 Å². The minimum atomic E-state index is -1.75. The van der Waals surface area contributed by atoms with Crippen LogP contribution < -0.4 is 11.1 Å². The van der Waals surface area contributed by atoms with E-state index in [9.17, 15) is 9.59 Å². The lowest BCUT2D eigenvalue weighted by molar-refractivity contribution is -0.402. The summed E-state index contributed by atoms with van der Waals surface area (Å²) in [5.41, 5.74) is 5.96. The number of rotatable bonds is 6. The quantitative estimate of drug-likeness (QED) is 0.426. The van der Waals surface area contributed by atoms with Crippen LogP contribution in [0.3, 0.4) is 0 Å². The number of hydrogen-bond acceptors (Lipinski definition) is 7. The van der Waals surface area contributed by atoms with Crippen LogP contribution in [-0.2, 0) is 23.1 Å². The van der Waals surface area contributed by atoms with E-state index in [1.165, 1.54) is 0 Å². The zero-order valence-corrected chi connectivity index (χ0v) is 11.3. The largest absolute Gasteiger partial charge is 0.480 e. The number of carboxylic acids is 1. The molecule has 11 heteroatoms. The van der Waals surface area contributed by atoms with Gasteiger partial charge in [-0.2, -0.15) is 0 Å². The fraction of sp³-hybridized carbons (Fsp3) is 0.500. The Balaban J connectivity index is 0.000000885. The molecule has 0 aliphatic heterocycles. The molecule has 11 nitrogen and oxygen atoms in total. The topological polar surface area (TPSA) is 176 Å². The second-order valence-corrected chi connectivity index (χ2v) is 3.92. The smallest absolute Gasteiger partial charge is 0.326 e. The van der Waals surface area contributed by atoms with Gasteiger partial charge in [-0.15, -0.1) is 0 Å². The average Bonchev–Trinajstić information content (AvgIpc) is 2.73. The van der Waals surface area contributed by atoms with E-state index in [2.05, 4.69) is 10.3 Å². The van der Waals surface area contributed by atoms with Crippen LogP contribution in [0.1, 0.15) is 12.1 Å². The first-order valence-electron chi connectivity index (χ1n) is 5.76. The molecule has 0 aliphatic carbocycles. The van der Waals surface area contributed by atoms with Crippen LogP contribution in [0.5, 0.6) is 0 Å². The standard InChI is InChI=1S/C10H16N4O3.NO3/c1-14-6-12-5-7(14)4-8(10(16)17)13-9(15)2-3-11;2-1(3)4/h5-6,8H,2-4,11H2,1H3,(H,13,15)(H,16,17);/q;-1/t8-;/m0./s1. The number of hydrogen-bond donors (Lipinski definition) is 3. The normalized spacial score (nSPS) is 11.0. The molecule has 0 aromatic carbocycles. The summed E-state index contributed by atoms with van der Waals surface area (Å²) in [5.74, 6) is -1.43. The molecule has 0 bridgehead atoms. The number of carboxylic acid groups (broad SMARTS) is 1. The van der Waals surface area contributed by atoms with Gasteiger partial charge in [-0.1, -0.05) is 0 Å². The number of aliphatic carboxylic acids is 1. The summed E-state index contributed by atoms with van der Waals surface area (Å²) in [7, 11) is 1.77. The SMILES string of the molecule is Cn1cncc1C[C@H](NC(=O)CCN)C(=O)O.O=[N+]([O-])[O-]. The number of aryl methyl sites for hydroxylation is 1. The first-order valence-corrected chi connectivity index (χ1v) is 5.76. The Morgan fingerprint density at radius 1 is 1.57 bits per heavy atom. The zero-order chi connectivity index (χ0) is 16.4. The maximum Gasteiger partial charge on any atom is 0.326 e. The number of nitrogens with zero attached hydrogens (tertiary/aromatic N) is 3. The highest BCUT2D eigenvalue weighted by molar-refractivity contribution is 5.83. The van der Waals surface area contributed by atoms with Gasteiger partial charge in [-0.3, -0.25) is 4.79 Å². The molecular weight excluding hydrogens is 286 g/mol. The molecule has 0 unspecified atom stereocenters. The van der Waals surface area contributed by atoms with Gasteiger partial charge in [0.1, 0.15) is 6.04 Å². The van der Waals surface area contributed by atoms with Crippen LogP contribution in [-0.4, -0.2) is 44.2 Å². The average molecular weight is 302 g/mol. The summed E-state index contributed by atoms with van der Waals surface area (Å²) < 4.78 is 1.71.